The molecule has 7 heteroatoms. The van der Waals surface area contributed by atoms with Gasteiger partial charge in [-0.15, -0.1) is 0 Å². The van der Waals surface area contributed by atoms with E-state index in [1.165, 1.54) is 13.1 Å². The van der Waals surface area contributed by atoms with Gasteiger partial charge in [-0.25, -0.2) is 18.1 Å². The van der Waals surface area contributed by atoms with Crippen LogP contribution in [0.2, 0.25) is 5.02 Å². The molecule has 0 spiro atoms. The Morgan fingerprint density at radius 2 is 2.23 bits per heavy atom. The zero-order chi connectivity index (χ0) is 10.1. The fraction of sp³-hybridized carbons (Fsp3) is 0.167. The SMILES string of the molecule is CNS(=O)(=O)c1cnc(N)c(Cl)c1. The number of anilines is 1. The van der Waals surface area contributed by atoms with Crippen molar-refractivity contribution in [1.29, 1.82) is 0 Å². The highest BCUT2D eigenvalue weighted by Gasteiger charge is 2.12. The van der Waals surface area contributed by atoms with Crippen LogP contribution in [0.3, 0.4) is 0 Å². The number of nitrogens with one attached hydrogen (secondary N) is 1. The summed E-state index contributed by atoms with van der Waals surface area (Å²) >= 11 is 5.60. The molecule has 0 aliphatic rings. The van der Waals surface area contributed by atoms with Gasteiger partial charge >= 0.3 is 0 Å². The van der Waals surface area contributed by atoms with Crippen molar-refractivity contribution < 1.29 is 8.42 Å². The Bertz CT molecular complexity index is 418. The van der Waals surface area contributed by atoms with Crippen LogP contribution in [0.25, 0.3) is 0 Å². The van der Waals surface area contributed by atoms with Crippen molar-refractivity contribution in [3.05, 3.63) is 17.3 Å². The third-order valence-corrected chi connectivity index (χ3v) is 3.11. The van der Waals surface area contributed by atoms with Gasteiger partial charge in [0.1, 0.15) is 10.7 Å². The summed E-state index contributed by atoms with van der Waals surface area (Å²) in [6.45, 7) is 0. The molecule has 1 aromatic heterocycles. The Hall–Kier alpha value is -0.850. The fourth-order valence-electron chi connectivity index (χ4n) is 0.696. The minimum atomic E-state index is -3.49. The average molecular weight is 222 g/mol. The lowest BCUT2D eigenvalue weighted by Crippen LogP contribution is -2.18. The minimum Gasteiger partial charge on any atom is -0.382 e. The topological polar surface area (TPSA) is 85.1 Å². The first kappa shape index (κ1) is 10.2. The molecule has 5 nitrogen and oxygen atoms in total. The van der Waals surface area contributed by atoms with Crippen LogP contribution in [0.1, 0.15) is 0 Å². The van der Waals surface area contributed by atoms with Gasteiger partial charge in [-0.3, -0.25) is 0 Å². The second-order valence-electron chi connectivity index (χ2n) is 2.25. The molecule has 1 aromatic rings. The van der Waals surface area contributed by atoms with Crippen molar-refractivity contribution in [2.75, 3.05) is 12.8 Å². The van der Waals surface area contributed by atoms with E-state index in [0.29, 0.717) is 0 Å². The molecule has 13 heavy (non-hydrogen) atoms. The van der Waals surface area contributed by atoms with Crippen molar-refractivity contribution in [2.45, 2.75) is 4.90 Å². The second kappa shape index (κ2) is 3.49. The van der Waals surface area contributed by atoms with Crippen LogP contribution in [0, 0.1) is 0 Å². The summed E-state index contributed by atoms with van der Waals surface area (Å²) in [6, 6.07) is 1.25. The lowest BCUT2D eigenvalue weighted by molar-refractivity contribution is 0.588. The Morgan fingerprint density at radius 1 is 1.62 bits per heavy atom. The summed E-state index contributed by atoms with van der Waals surface area (Å²) in [5.41, 5.74) is 5.32. The summed E-state index contributed by atoms with van der Waals surface area (Å²) in [7, 11) is -2.18. The van der Waals surface area contributed by atoms with Crippen LogP contribution >= 0.6 is 11.6 Å². The highest BCUT2D eigenvalue weighted by molar-refractivity contribution is 7.89. The van der Waals surface area contributed by atoms with E-state index in [2.05, 4.69) is 9.71 Å². The summed E-state index contributed by atoms with van der Waals surface area (Å²) in [6.07, 6.45) is 1.15. The Labute approximate surface area is 81.0 Å². The van der Waals surface area contributed by atoms with Crippen LogP contribution in [0.15, 0.2) is 17.2 Å². The molecule has 72 valence electrons. The number of rotatable bonds is 2. The van der Waals surface area contributed by atoms with Gasteiger partial charge in [0, 0.05) is 6.20 Å². The van der Waals surface area contributed by atoms with Gasteiger partial charge in [-0.05, 0) is 13.1 Å². The Morgan fingerprint density at radius 3 is 2.69 bits per heavy atom. The third kappa shape index (κ3) is 2.09. The molecule has 0 saturated carbocycles. The van der Waals surface area contributed by atoms with Crippen LogP contribution < -0.4 is 10.5 Å². The zero-order valence-corrected chi connectivity index (χ0v) is 8.35. The van der Waals surface area contributed by atoms with Crippen LogP contribution in [-0.4, -0.2) is 20.4 Å². The Kier molecular flexibility index (Phi) is 2.74. The molecule has 0 aliphatic heterocycles. The molecule has 1 heterocycles. The summed E-state index contributed by atoms with van der Waals surface area (Å²) in [5, 5.41) is 0.122. The van der Waals surface area contributed by atoms with Crippen molar-refractivity contribution in [1.82, 2.24) is 9.71 Å². The number of sulfonamides is 1. The number of nitrogens with zero attached hydrogens (tertiary/aromatic N) is 1. The van der Waals surface area contributed by atoms with E-state index >= 15 is 0 Å². The first-order chi connectivity index (χ1) is 5.97. The second-order valence-corrected chi connectivity index (χ2v) is 4.54. The summed E-state index contributed by atoms with van der Waals surface area (Å²) in [5.74, 6) is 0.108. The van der Waals surface area contributed by atoms with Gasteiger partial charge in [0.15, 0.2) is 0 Å². The molecular formula is C6H8ClN3O2S. The highest BCUT2D eigenvalue weighted by atomic mass is 35.5. The number of pyridine rings is 1. The number of nitrogen functional groups attached to an aromatic ring is 1. The largest absolute Gasteiger partial charge is 0.382 e. The predicted octanol–water partition coefficient (Wildman–Crippen LogP) is 0.225. The molecule has 0 unspecified atom stereocenters. The molecule has 0 atom stereocenters. The van der Waals surface area contributed by atoms with E-state index in [1.54, 1.807) is 0 Å². The fourth-order valence-corrected chi connectivity index (χ4v) is 1.63. The maximum atomic E-state index is 11.2. The van der Waals surface area contributed by atoms with Crippen molar-refractivity contribution in [3.8, 4) is 0 Å². The van der Waals surface area contributed by atoms with Gasteiger partial charge in [-0.2, -0.15) is 0 Å². The van der Waals surface area contributed by atoms with E-state index in [-0.39, 0.29) is 15.7 Å². The number of halogens is 1. The molecule has 0 amide bonds. The molecule has 0 fully saturated rings. The minimum absolute atomic E-state index is 0.00537. The number of nitrogens with two attached hydrogens (primary N) is 1. The maximum Gasteiger partial charge on any atom is 0.241 e. The molecule has 3 N–H and O–H groups in total. The summed E-state index contributed by atoms with van der Waals surface area (Å²) in [4.78, 5) is 3.61. The molecule has 0 aromatic carbocycles. The normalized spacial score (nSPS) is 11.5. The van der Waals surface area contributed by atoms with Crippen LogP contribution in [0.4, 0.5) is 5.82 Å². The monoisotopic (exact) mass is 221 g/mol. The maximum absolute atomic E-state index is 11.2. The number of aromatic nitrogens is 1. The highest BCUT2D eigenvalue weighted by Crippen LogP contribution is 2.19. The quantitative estimate of drug-likeness (QED) is 0.749. The van der Waals surface area contributed by atoms with Crippen molar-refractivity contribution >= 4 is 27.4 Å². The first-order valence-electron chi connectivity index (χ1n) is 3.32. The van der Waals surface area contributed by atoms with Crippen molar-refractivity contribution in [3.63, 3.8) is 0 Å². The summed E-state index contributed by atoms with van der Waals surface area (Å²) < 4.78 is 24.6. The molecular weight excluding hydrogens is 214 g/mol. The lowest BCUT2D eigenvalue weighted by atomic mass is 10.5. The molecule has 0 bridgehead atoms. The molecule has 0 radical (unpaired) electrons. The standard InChI is InChI=1S/C6H8ClN3O2S/c1-9-13(11,12)4-2-5(7)6(8)10-3-4/h2-3,9H,1H3,(H2,8,10). The van der Waals surface area contributed by atoms with E-state index in [4.69, 9.17) is 17.3 Å². The predicted molar refractivity (Wildman–Crippen MR) is 49.9 cm³/mol. The van der Waals surface area contributed by atoms with Crippen molar-refractivity contribution in [2.24, 2.45) is 0 Å². The molecule has 0 saturated heterocycles. The van der Waals surface area contributed by atoms with E-state index in [0.717, 1.165) is 6.20 Å². The van der Waals surface area contributed by atoms with Gasteiger partial charge in [0.25, 0.3) is 0 Å². The van der Waals surface area contributed by atoms with Crippen LogP contribution in [0.5, 0.6) is 0 Å². The van der Waals surface area contributed by atoms with Gasteiger partial charge in [0.2, 0.25) is 10.0 Å². The average Bonchev–Trinajstić information content (AvgIpc) is 2.09. The van der Waals surface area contributed by atoms with Crippen LogP contribution in [-0.2, 0) is 10.0 Å². The Balaban J connectivity index is 3.27. The lowest BCUT2D eigenvalue weighted by Gasteiger charge is -2.02. The smallest absolute Gasteiger partial charge is 0.241 e. The van der Waals surface area contributed by atoms with E-state index in [9.17, 15) is 8.42 Å². The first-order valence-corrected chi connectivity index (χ1v) is 5.18. The molecule has 1 rings (SSSR count). The zero-order valence-electron chi connectivity index (χ0n) is 6.78. The van der Waals surface area contributed by atoms with Gasteiger partial charge < -0.3 is 5.73 Å². The van der Waals surface area contributed by atoms with Gasteiger partial charge in [-0.1, -0.05) is 11.6 Å². The van der Waals surface area contributed by atoms with E-state index < -0.39 is 10.0 Å². The number of hydrogen-bond acceptors (Lipinski definition) is 4. The molecule has 0 aliphatic carbocycles. The van der Waals surface area contributed by atoms with E-state index in [1.807, 2.05) is 0 Å². The van der Waals surface area contributed by atoms with Gasteiger partial charge in [0.05, 0.1) is 5.02 Å². The third-order valence-electron chi connectivity index (χ3n) is 1.42. The number of hydrogen-bond donors (Lipinski definition) is 2.